The Morgan fingerprint density at radius 1 is 1.07 bits per heavy atom. The van der Waals surface area contributed by atoms with Gasteiger partial charge in [0.25, 0.3) is 0 Å². The van der Waals surface area contributed by atoms with E-state index in [1.165, 1.54) is 10.8 Å². The molecule has 1 fully saturated rings. The van der Waals surface area contributed by atoms with Crippen LogP contribution in [0.1, 0.15) is 32.6 Å². The number of aryl methyl sites for hydroxylation is 1. The number of carbonyl (C=O) groups excluding carboxylic acids is 1. The molecule has 0 radical (unpaired) electrons. The van der Waals surface area contributed by atoms with Crippen molar-refractivity contribution < 1.29 is 4.79 Å². The number of likely N-dealkylation sites (N-methyl/N-ethyl adjacent to an activating group) is 1. The molecule has 2 aromatic carbocycles. The Morgan fingerprint density at radius 2 is 1.77 bits per heavy atom. The van der Waals surface area contributed by atoms with Crippen molar-refractivity contribution in [3.63, 3.8) is 0 Å². The standard InChI is InChI=1S/C26H34N2OSi/c1-7-22-18-23(10-8-20(22)2)25(29)16-21-9-11-24(26(17-21)30(4,5)6)19-28-14-12-27(3)13-15-28/h1,8-11,17-18H,12-16,19H2,2-6H3. The number of rotatable bonds is 6. The molecule has 0 spiro atoms. The maximum absolute atomic E-state index is 12.9. The first-order valence-electron chi connectivity index (χ1n) is 10.8. The Hall–Kier alpha value is -2.19. The van der Waals surface area contributed by atoms with E-state index in [1.807, 2.05) is 25.1 Å². The van der Waals surface area contributed by atoms with Gasteiger partial charge >= 0.3 is 0 Å². The van der Waals surface area contributed by atoms with Crippen LogP contribution in [0.15, 0.2) is 36.4 Å². The van der Waals surface area contributed by atoms with Crippen LogP contribution < -0.4 is 5.19 Å². The van der Waals surface area contributed by atoms with Gasteiger partial charge in [0.15, 0.2) is 5.78 Å². The van der Waals surface area contributed by atoms with Crippen molar-refractivity contribution in [2.24, 2.45) is 0 Å². The van der Waals surface area contributed by atoms with Crippen LogP contribution in [0.25, 0.3) is 0 Å². The molecular weight excluding hydrogens is 384 g/mol. The van der Waals surface area contributed by atoms with E-state index in [4.69, 9.17) is 6.42 Å². The van der Waals surface area contributed by atoms with E-state index >= 15 is 0 Å². The summed E-state index contributed by atoms with van der Waals surface area (Å²) >= 11 is 0. The van der Waals surface area contributed by atoms with Gasteiger partial charge in [-0.05, 0) is 36.7 Å². The number of hydrogen-bond donors (Lipinski definition) is 0. The summed E-state index contributed by atoms with van der Waals surface area (Å²) in [6.07, 6.45) is 5.99. The fraction of sp³-hybridized carbons (Fsp3) is 0.423. The van der Waals surface area contributed by atoms with Gasteiger partial charge in [-0.15, -0.1) is 6.42 Å². The van der Waals surface area contributed by atoms with Crippen LogP contribution in [-0.2, 0) is 13.0 Å². The third-order valence-electron chi connectivity index (χ3n) is 6.05. The highest BCUT2D eigenvalue weighted by molar-refractivity contribution is 6.89. The molecule has 0 N–H and O–H groups in total. The van der Waals surface area contributed by atoms with Gasteiger partial charge < -0.3 is 4.90 Å². The zero-order chi connectivity index (χ0) is 21.9. The van der Waals surface area contributed by atoms with E-state index in [0.717, 1.165) is 49.4 Å². The number of terminal acetylenes is 1. The van der Waals surface area contributed by atoms with Crippen molar-refractivity contribution in [1.82, 2.24) is 9.80 Å². The molecule has 0 bridgehead atoms. The second kappa shape index (κ2) is 9.30. The molecule has 30 heavy (non-hydrogen) atoms. The average Bonchev–Trinajstić information content (AvgIpc) is 2.70. The van der Waals surface area contributed by atoms with Crippen molar-refractivity contribution in [2.75, 3.05) is 33.2 Å². The number of nitrogens with zero attached hydrogens (tertiary/aromatic N) is 2. The van der Waals surface area contributed by atoms with Gasteiger partial charge in [-0.1, -0.05) is 61.1 Å². The van der Waals surface area contributed by atoms with Gasteiger partial charge in [0, 0.05) is 50.3 Å². The first-order valence-corrected chi connectivity index (χ1v) is 14.3. The molecule has 0 saturated carbocycles. The maximum Gasteiger partial charge on any atom is 0.167 e. The molecule has 0 unspecified atom stereocenters. The SMILES string of the molecule is C#Cc1cc(C(=O)Cc2ccc(CN3CCN(C)CC3)c([Si](C)(C)C)c2)ccc1C. The van der Waals surface area contributed by atoms with E-state index in [-0.39, 0.29) is 5.78 Å². The van der Waals surface area contributed by atoms with Crippen molar-refractivity contribution in [3.05, 3.63) is 64.2 Å². The molecule has 2 aromatic rings. The monoisotopic (exact) mass is 418 g/mol. The van der Waals surface area contributed by atoms with E-state index in [0.29, 0.717) is 12.0 Å². The first-order chi connectivity index (χ1) is 14.2. The van der Waals surface area contributed by atoms with Crippen LogP contribution in [0.2, 0.25) is 19.6 Å². The summed E-state index contributed by atoms with van der Waals surface area (Å²) in [7, 11) is 0.657. The summed E-state index contributed by atoms with van der Waals surface area (Å²) in [4.78, 5) is 17.9. The van der Waals surface area contributed by atoms with Crippen molar-refractivity contribution in [1.29, 1.82) is 0 Å². The number of ketones is 1. The Balaban J connectivity index is 1.81. The van der Waals surface area contributed by atoms with Gasteiger partial charge in [-0.25, -0.2) is 0 Å². The molecule has 0 aliphatic carbocycles. The lowest BCUT2D eigenvalue weighted by atomic mass is 9.98. The number of benzene rings is 2. The molecule has 158 valence electrons. The third-order valence-corrected chi connectivity index (χ3v) is 8.13. The molecule has 0 amide bonds. The normalized spacial score (nSPS) is 15.7. The summed E-state index contributed by atoms with van der Waals surface area (Å²) in [6, 6.07) is 12.4. The molecule has 4 heteroatoms. The smallest absolute Gasteiger partial charge is 0.167 e. The van der Waals surface area contributed by atoms with Crippen LogP contribution in [-0.4, -0.2) is 56.9 Å². The van der Waals surface area contributed by atoms with E-state index in [1.54, 1.807) is 0 Å². The highest BCUT2D eigenvalue weighted by atomic mass is 28.3. The van der Waals surface area contributed by atoms with Gasteiger partial charge in [0.05, 0.1) is 8.07 Å². The fourth-order valence-corrected chi connectivity index (χ4v) is 5.80. The lowest BCUT2D eigenvalue weighted by molar-refractivity contribution is 0.0993. The summed E-state index contributed by atoms with van der Waals surface area (Å²) in [5, 5.41) is 1.47. The number of piperazine rings is 1. The topological polar surface area (TPSA) is 23.6 Å². The average molecular weight is 419 g/mol. The summed E-state index contributed by atoms with van der Waals surface area (Å²) in [5.41, 5.74) is 5.06. The molecule has 1 heterocycles. The van der Waals surface area contributed by atoms with Crippen LogP contribution in [0, 0.1) is 19.3 Å². The van der Waals surface area contributed by atoms with Crippen LogP contribution in [0.5, 0.6) is 0 Å². The minimum atomic E-state index is -1.53. The highest BCUT2D eigenvalue weighted by Gasteiger charge is 2.23. The lowest BCUT2D eigenvalue weighted by Gasteiger charge is -2.33. The molecule has 3 rings (SSSR count). The zero-order valence-electron chi connectivity index (χ0n) is 19.1. The van der Waals surface area contributed by atoms with Gasteiger partial charge in [0.1, 0.15) is 0 Å². The molecule has 3 nitrogen and oxygen atoms in total. The van der Waals surface area contributed by atoms with Crippen LogP contribution in [0.4, 0.5) is 0 Å². The van der Waals surface area contributed by atoms with Gasteiger partial charge in [0.2, 0.25) is 0 Å². The van der Waals surface area contributed by atoms with Gasteiger partial charge in [-0.2, -0.15) is 0 Å². The molecular formula is C26H34N2OSi. The predicted molar refractivity (Wildman–Crippen MR) is 129 cm³/mol. The summed E-state index contributed by atoms with van der Waals surface area (Å²) in [5.74, 6) is 2.80. The predicted octanol–water partition coefficient (Wildman–Crippen LogP) is 3.69. The van der Waals surface area contributed by atoms with E-state index in [9.17, 15) is 4.79 Å². The first kappa shape index (κ1) is 22.5. The van der Waals surface area contributed by atoms with Crippen LogP contribution in [0.3, 0.4) is 0 Å². The Labute approximate surface area is 183 Å². The Kier molecular flexibility index (Phi) is 6.97. The third kappa shape index (κ3) is 5.49. The molecule has 0 aromatic heterocycles. The maximum atomic E-state index is 12.9. The molecule has 1 saturated heterocycles. The van der Waals surface area contributed by atoms with E-state index in [2.05, 4.69) is 60.6 Å². The van der Waals surface area contributed by atoms with Crippen molar-refractivity contribution >= 4 is 19.0 Å². The minimum absolute atomic E-state index is 0.125. The molecule has 0 atom stereocenters. The second-order valence-electron chi connectivity index (χ2n) is 9.59. The zero-order valence-corrected chi connectivity index (χ0v) is 20.1. The minimum Gasteiger partial charge on any atom is -0.304 e. The fourth-order valence-electron chi connectivity index (χ4n) is 4.05. The summed E-state index contributed by atoms with van der Waals surface area (Å²) < 4.78 is 0. The quantitative estimate of drug-likeness (QED) is 0.406. The Bertz CT molecular complexity index is 960. The van der Waals surface area contributed by atoms with Crippen molar-refractivity contribution in [3.8, 4) is 12.3 Å². The van der Waals surface area contributed by atoms with E-state index < -0.39 is 8.07 Å². The number of Topliss-reactive ketones (excluding diaryl/α,β-unsaturated/α-hetero) is 1. The van der Waals surface area contributed by atoms with Gasteiger partial charge in [-0.3, -0.25) is 9.69 Å². The van der Waals surface area contributed by atoms with Crippen LogP contribution >= 0.6 is 0 Å². The number of hydrogen-bond acceptors (Lipinski definition) is 3. The Morgan fingerprint density at radius 3 is 2.40 bits per heavy atom. The summed E-state index contributed by atoms with van der Waals surface area (Å²) in [6.45, 7) is 14.6. The van der Waals surface area contributed by atoms with Crippen molar-refractivity contribution in [2.45, 2.75) is 39.5 Å². The highest BCUT2D eigenvalue weighted by Crippen LogP contribution is 2.17. The number of carbonyl (C=O) groups is 1. The lowest BCUT2D eigenvalue weighted by Crippen LogP contribution is -2.46. The second-order valence-corrected chi connectivity index (χ2v) is 14.6. The molecule has 1 aliphatic rings. The molecule has 1 aliphatic heterocycles. The largest absolute Gasteiger partial charge is 0.304 e.